The number of hydrogen-bond acceptors (Lipinski definition) is 8. The normalized spacial score (nSPS) is 16.6. The molecule has 5 rings (SSSR count). The highest BCUT2D eigenvalue weighted by Gasteiger charge is 2.30. The molecule has 0 fully saturated rings. The highest BCUT2D eigenvalue weighted by molar-refractivity contribution is 6.04. The molecule has 0 unspecified atom stereocenters. The van der Waals surface area contributed by atoms with Gasteiger partial charge in [-0.3, -0.25) is 9.98 Å². The molecule has 2 aromatic rings. The first-order chi connectivity index (χ1) is 18.8. The van der Waals surface area contributed by atoms with Crippen molar-refractivity contribution in [1.29, 1.82) is 0 Å². The van der Waals surface area contributed by atoms with Gasteiger partial charge in [-0.2, -0.15) is 0 Å². The zero-order chi connectivity index (χ0) is 28.7. The number of aliphatic imine (C=N–C) groups is 2. The number of carbonyl (C=O) groups is 2. The fourth-order valence-electron chi connectivity index (χ4n) is 4.85. The Kier molecular flexibility index (Phi) is 7.20. The maximum atomic E-state index is 12.6. The number of nitrogens with one attached hydrogen (secondary N) is 2. The van der Waals surface area contributed by atoms with Crippen molar-refractivity contribution in [3.8, 4) is 0 Å². The summed E-state index contributed by atoms with van der Waals surface area (Å²) in [7, 11) is 0. The minimum Gasteiger partial charge on any atom is -0.443 e. The second-order valence-corrected chi connectivity index (χ2v) is 12.2. The van der Waals surface area contributed by atoms with Gasteiger partial charge in [0.2, 0.25) is 11.9 Å². The molecule has 0 saturated carbocycles. The first kappa shape index (κ1) is 27.5. The number of benzene rings is 2. The molecule has 0 saturated heterocycles. The zero-order valence-electron chi connectivity index (χ0n) is 24.1. The van der Waals surface area contributed by atoms with Gasteiger partial charge in [-0.05, 0) is 101 Å². The van der Waals surface area contributed by atoms with Crippen molar-refractivity contribution in [3.63, 3.8) is 0 Å². The lowest BCUT2D eigenvalue weighted by Gasteiger charge is -2.26. The first-order valence-electron chi connectivity index (χ1n) is 13.7. The van der Waals surface area contributed by atoms with Gasteiger partial charge in [0.05, 0.1) is 26.2 Å². The van der Waals surface area contributed by atoms with Crippen LogP contribution < -0.4 is 10.6 Å². The number of hydrogen-bond donors (Lipinski definition) is 2. The highest BCUT2D eigenvalue weighted by Crippen LogP contribution is 2.31. The number of nitrogens with zero attached hydrogens (tertiary/aromatic N) is 4. The van der Waals surface area contributed by atoms with E-state index in [0.29, 0.717) is 38.1 Å². The molecular weight excluding hydrogens is 508 g/mol. The molecule has 1 aliphatic carbocycles. The molecule has 0 atom stereocenters. The van der Waals surface area contributed by atoms with E-state index < -0.39 is 23.4 Å². The van der Waals surface area contributed by atoms with E-state index in [9.17, 15) is 9.59 Å². The van der Waals surface area contributed by atoms with Crippen LogP contribution in [0.4, 0.5) is 21.0 Å². The minimum absolute atomic E-state index is 0.398. The summed E-state index contributed by atoms with van der Waals surface area (Å²) < 4.78 is 11.1. The molecule has 3 aliphatic rings. The van der Waals surface area contributed by atoms with Crippen molar-refractivity contribution < 1.29 is 19.1 Å². The summed E-state index contributed by atoms with van der Waals surface area (Å²) in [5, 5.41) is 6.64. The van der Waals surface area contributed by atoms with E-state index in [1.807, 2.05) is 53.7 Å². The Labute approximate surface area is 235 Å². The van der Waals surface area contributed by atoms with Crippen LogP contribution in [-0.2, 0) is 22.3 Å². The topological polar surface area (TPSA) is 108 Å². The van der Waals surface area contributed by atoms with Crippen LogP contribution in [0, 0.1) is 0 Å². The number of rotatable bonds is 2. The Morgan fingerprint density at radius 3 is 1.45 bits per heavy atom. The Morgan fingerprint density at radius 1 is 0.675 bits per heavy atom. The number of carbonyl (C=O) groups excluding carboxylic acids is 2. The molecule has 10 nitrogen and oxygen atoms in total. The van der Waals surface area contributed by atoms with E-state index in [4.69, 9.17) is 9.47 Å². The first-order valence-corrected chi connectivity index (χ1v) is 13.7. The molecule has 2 heterocycles. The van der Waals surface area contributed by atoms with E-state index in [-0.39, 0.29) is 0 Å². The molecule has 212 valence electrons. The van der Waals surface area contributed by atoms with Gasteiger partial charge in [0.25, 0.3) is 0 Å². The molecule has 0 spiro atoms. The SMILES string of the molecule is CC(C)(C)OC(=O)N1CCN=C1Nc1ccc2c(c1)Cc1ccc(NC3=NCCN3C(=O)OC(C)(C)C)cc1C2. The molecule has 10 heteroatoms. The number of amides is 2. The van der Waals surface area contributed by atoms with Crippen LogP contribution in [0.3, 0.4) is 0 Å². The summed E-state index contributed by atoms with van der Waals surface area (Å²) >= 11 is 0. The van der Waals surface area contributed by atoms with Crippen molar-refractivity contribution in [2.75, 3.05) is 36.8 Å². The summed E-state index contributed by atoms with van der Waals surface area (Å²) in [5.74, 6) is 1.02. The molecule has 0 aromatic heterocycles. The maximum Gasteiger partial charge on any atom is 0.417 e. The van der Waals surface area contributed by atoms with Gasteiger partial charge in [0.15, 0.2) is 0 Å². The van der Waals surface area contributed by atoms with Crippen LogP contribution in [0.15, 0.2) is 46.4 Å². The molecule has 2 N–H and O–H groups in total. The number of ether oxygens (including phenoxy) is 2. The van der Waals surface area contributed by atoms with Crippen LogP contribution in [0.1, 0.15) is 63.8 Å². The molecule has 0 radical (unpaired) electrons. The molecule has 0 bridgehead atoms. The van der Waals surface area contributed by atoms with Crippen LogP contribution in [0.25, 0.3) is 0 Å². The fraction of sp³-hybridized carbons (Fsp3) is 0.467. The Morgan fingerprint density at radius 2 is 1.07 bits per heavy atom. The predicted octanol–water partition coefficient (Wildman–Crippen LogP) is 5.22. The lowest BCUT2D eigenvalue weighted by atomic mass is 9.85. The van der Waals surface area contributed by atoms with Gasteiger partial charge in [-0.25, -0.2) is 19.4 Å². The third-order valence-corrected chi connectivity index (χ3v) is 6.60. The van der Waals surface area contributed by atoms with Crippen LogP contribution in [0.2, 0.25) is 0 Å². The molecular formula is C30H38N6O4. The van der Waals surface area contributed by atoms with Gasteiger partial charge in [0, 0.05) is 11.4 Å². The summed E-state index contributed by atoms with van der Waals surface area (Å²) in [6, 6.07) is 12.5. The van der Waals surface area contributed by atoms with Gasteiger partial charge in [0.1, 0.15) is 11.2 Å². The van der Waals surface area contributed by atoms with Crippen molar-refractivity contribution in [2.24, 2.45) is 9.98 Å². The fourth-order valence-corrected chi connectivity index (χ4v) is 4.85. The average molecular weight is 547 g/mol. The maximum absolute atomic E-state index is 12.6. The van der Waals surface area contributed by atoms with Gasteiger partial charge in [-0.15, -0.1) is 0 Å². The predicted molar refractivity (Wildman–Crippen MR) is 156 cm³/mol. The number of guanidine groups is 2. The van der Waals surface area contributed by atoms with Crippen LogP contribution in [-0.4, -0.2) is 71.3 Å². The largest absolute Gasteiger partial charge is 0.443 e. The summed E-state index contributed by atoms with van der Waals surface area (Å²) in [4.78, 5) is 37.3. The molecule has 40 heavy (non-hydrogen) atoms. The van der Waals surface area contributed by atoms with Gasteiger partial charge >= 0.3 is 12.2 Å². The van der Waals surface area contributed by atoms with Crippen molar-refractivity contribution in [2.45, 2.75) is 65.6 Å². The van der Waals surface area contributed by atoms with E-state index in [2.05, 4.69) is 44.9 Å². The summed E-state index contributed by atoms with van der Waals surface area (Å²) in [6.45, 7) is 13.2. The van der Waals surface area contributed by atoms with Crippen LogP contribution in [0.5, 0.6) is 0 Å². The van der Waals surface area contributed by atoms with Crippen molar-refractivity contribution in [1.82, 2.24) is 9.80 Å². The van der Waals surface area contributed by atoms with E-state index >= 15 is 0 Å². The van der Waals surface area contributed by atoms with Gasteiger partial charge < -0.3 is 20.1 Å². The lowest BCUT2D eigenvalue weighted by Crippen LogP contribution is -2.41. The smallest absolute Gasteiger partial charge is 0.417 e. The van der Waals surface area contributed by atoms with E-state index in [1.54, 1.807) is 9.80 Å². The zero-order valence-corrected chi connectivity index (χ0v) is 24.1. The highest BCUT2D eigenvalue weighted by atomic mass is 16.6. The molecule has 2 aromatic carbocycles. The minimum atomic E-state index is -0.568. The molecule has 2 aliphatic heterocycles. The van der Waals surface area contributed by atoms with E-state index in [1.165, 1.54) is 22.3 Å². The molecule has 2 amide bonds. The number of anilines is 2. The van der Waals surface area contributed by atoms with Gasteiger partial charge in [-0.1, -0.05) is 12.1 Å². The van der Waals surface area contributed by atoms with Crippen LogP contribution >= 0.6 is 0 Å². The standard InChI is InChI=1S/C30H38N6O4/c1-29(2,3)39-27(37)35-13-11-31-25(35)33-23-9-7-19-16-22-18-24(10-8-20(22)15-21(19)17-23)34-26-32-12-14-36(26)28(38)40-30(4,5)6/h7-10,17-18H,11-16H2,1-6H3,(H,31,33)(H,32,34). The second-order valence-electron chi connectivity index (χ2n) is 12.2. The quantitative estimate of drug-likeness (QED) is 0.456. The number of fused-ring (bicyclic) bond motifs is 2. The third kappa shape index (κ3) is 6.38. The van der Waals surface area contributed by atoms with E-state index in [0.717, 1.165) is 24.2 Å². The summed E-state index contributed by atoms with van der Waals surface area (Å²) in [5.41, 5.74) is 5.60. The second kappa shape index (κ2) is 10.5. The third-order valence-electron chi connectivity index (χ3n) is 6.60. The summed E-state index contributed by atoms with van der Waals surface area (Å²) in [6.07, 6.45) is 0.803. The Balaban J connectivity index is 1.25. The van der Waals surface area contributed by atoms with Crippen molar-refractivity contribution in [3.05, 3.63) is 58.7 Å². The average Bonchev–Trinajstić information content (AvgIpc) is 3.50. The Bertz CT molecular complexity index is 1280. The Hall–Kier alpha value is -4.08. The lowest BCUT2D eigenvalue weighted by molar-refractivity contribution is 0.0372. The van der Waals surface area contributed by atoms with Crippen molar-refractivity contribution >= 4 is 35.5 Å². The monoisotopic (exact) mass is 546 g/mol.